The molecule has 0 spiro atoms. The monoisotopic (exact) mass is 916 g/mol. The van der Waals surface area contributed by atoms with Crippen molar-refractivity contribution in [3.8, 4) is 11.5 Å². The zero-order valence-electron chi connectivity index (χ0n) is 37.7. The van der Waals surface area contributed by atoms with Gasteiger partial charge in [-0.1, -0.05) is 29.8 Å². The second kappa shape index (κ2) is 17.7. The zero-order valence-corrected chi connectivity index (χ0v) is 38.4. The van der Waals surface area contributed by atoms with E-state index in [1.165, 1.54) is 39.9 Å². The van der Waals surface area contributed by atoms with Crippen LogP contribution >= 0.6 is 11.6 Å². The van der Waals surface area contributed by atoms with Crippen LogP contribution in [0.25, 0.3) is 22.7 Å². The number of nitrogens with zero attached hydrogens (tertiary/aromatic N) is 3. The Bertz CT molecular complexity index is 3090. The van der Waals surface area contributed by atoms with Crippen LogP contribution in [0.4, 0.5) is 11.4 Å². The fourth-order valence-corrected chi connectivity index (χ4v) is 11.7. The molecule has 0 saturated heterocycles. The summed E-state index contributed by atoms with van der Waals surface area (Å²) < 4.78 is 8.85. The summed E-state index contributed by atoms with van der Waals surface area (Å²) in [4.78, 5) is 51.4. The molecule has 5 aromatic carbocycles. The number of rotatable bonds is 10. The molecule has 0 saturated carbocycles. The molecule has 12 heteroatoms. The van der Waals surface area contributed by atoms with Gasteiger partial charge in [-0.3, -0.25) is 19.0 Å². The van der Waals surface area contributed by atoms with Gasteiger partial charge in [0.25, 0.3) is 5.91 Å². The largest absolute Gasteiger partial charge is 0.455 e. The highest BCUT2D eigenvalue weighted by Gasteiger charge is 2.37. The van der Waals surface area contributed by atoms with Crippen LogP contribution in [0.5, 0.6) is 11.5 Å². The molecule has 5 aliphatic heterocycles. The second-order valence-corrected chi connectivity index (χ2v) is 19.1. The Kier molecular flexibility index (Phi) is 11.4. The molecule has 6 heterocycles. The highest BCUT2D eigenvalue weighted by Crippen LogP contribution is 2.54. The first kappa shape index (κ1) is 43.2. The molecule has 0 aliphatic carbocycles. The van der Waals surface area contributed by atoms with E-state index in [2.05, 4.69) is 27.2 Å². The average Bonchev–Trinajstić information content (AvgIpc) is 3.62. The number of carbonyl (C=O) groups is 3. The van der Waals surface area contributed by atoms with Gasteiger partial charge in [0, 0.05) is 111 Å². The van der Waals surface area contributed by atoms with E-state index < -0.39 is 0 Å². The number of aryl methyl sites for hydroxylation is 2. The molecule has 11 rings (SSSR count). The number of halogens is 1. The van der Waals surface area contributed by atoms with Gasteiger partial charge in [-0.25, -0.2) is 5.26 Å². The lowest BCUT2D eigenvalue weighted by molar-refractivity contribution is -0.162. The number of aliphatic hydroxyl groups excluding tert-OH is 1. The topological polar surface area (TPSA) is 134 Å². The summed E-state index contributed by atoms with van der Waals surface area (Å²) in [6.07, 6.45) is 10.1. The minimum Gasteiger partial charge on any atom is -0.455 e. The molecule has 6 aromatic rings. The van der Waals surface area contributed by atoms with Gasteiger partial charge in [-0.2, -0.15) is 0 Å². The van der Waals surface area contributed by atoms with Crippen molar-refractivity contribution in [1.82, 2.24) is 9.88 Å². The first-order valence-electron chi connectivity index (χ1n) is 23.7. The fourth-order valence-electron chi connectivity index (χ4n) is 11.6. The predicted molar refractivity (Wildman–Crippen MR) is 260 cm³/mol. The quantitative estimate of drug-likeness (QED) is 0.0539. The number of anilines is 2. The molecule has 67 heavy (non-hydrogen) atoms. The number of aromatic nitrogens is 1. The Morgan fingerprint density at radius 2 is 1.42 bits per heavy atom. The minimum atomic E-state index is -0.247. The molecular weight excluding hydrogens is 864 g/mol. The van der Waals surface area contributed by atoms with E-state index in [0.717, 1.165) is 116 Å². The summed E-state index contributed by atoms with van der Waals surface area (Å²) in [6.45, 7) is 6.11. The first-order chi connectivity index (χ1) is 32.7. The van der Waals surface area contributed by atoms with E-state index >= 15 is 0 Å². The number of Topliss-reactive ketones (excluding diaryl/α,β-unsaturated/α-hetero) is 1. The van der Waals surface area contributed by atoms with E-state index in [0.29, 0.717) is 50.1 Å². The maximum absolute atomic E-state index is 14.2. The van der Waals surface area contributed by atoms with Crippen LogP contribution in [0.2, 0.25) is 5.02 Å². The normalized spacial score (nSPS) is 15.9. The number of nitrogens with one attached hydrogen (secondary N) is 1. The van der Waals surface area contributed by atoms with Crippen LogP contribution in [-0.2, 0) is 48.4 Å². The van der Waals surface area contributed by atoms with Crippen molar-refractivity contribution in [3.05, 3.63) is 150 Å². The average molecular weight is 918 g/mol. The number of hydrogen-bond acceptors (Lipinski definition) is 9. The SMILES string of the molecule is Cc1c(CC(=O)NCCCC(=O)c2ccc(=COO)c(=C3c4cc5c6c(c4Oc4c3cc3c7c4CCCN7CCC3)CCCN6CCC5)c2)c2cc(CO)ccc2n1C(=O)c1ccc(Cl)cc1. The Morgan fingerprint density at radius 1 is 0.791 bits per heavy atom. The van der Waals surface area contributed by atoms with Gasteiger partial charge in [-0.05, 0) is 147 Å². The summed E-state index contributed by atoms with van der Waals surface area (Å²) in [5.74, 6) is 1.26. The van der Waals surface area contributed by atoms with Gasteiger partial charge in [0.05, 0.1) is 18.5 Å². The molecule has 0 bridgehead atoms. The maximum Gasteiger partial charge on any atom is 0.262 e. The lowest BCUT2D eigenvalue weighted by Crippen LogP contribution is -2.37. The molecule has 1 aromatic heterocycles. The third kappa shape index (κ3) is 7.57. The Hall–Kier alpha value is -6.40. The Morgan fingerprint density at radius 3 is 2.04 bits per heavy atom. The standard InChI is InChI=1S/C55H53ClN4O7/c1-32-42(44-25-33(30-61)12-19-47(44)60(32)55(64)34-15-17-39(56)18-16-34)29-49(63)57-20-2-11-48(62)35-13-14-38(31-66-65)43(26-35)50-45-27-36-7-3-21-58-23-5-9-40(51(36)58)53(45)67-54-41-10-6-24-59-22-4-8-37(52(41)59)28-46(50)54/h12-19,25-28,31,61,65H,2-11,20-24,29-30H2,1H3,(H,57,63). The number of ether oxygens (including phenoxy) is 1. The number of carbonyl (C=O) groups excluding carboxylic acids is 3. The van der Waals surface area contributed by atoms with Crippen LogP contribution in [-0.4, -0.2) is 65.3 Å². The van der Waals surface area contributed by atoms with E-state index in [1.807, 2.05) is 25.1 Å². The molecular formula is C55H53ClN4O7. The van der Waals surface area contributed by atoms with Gasteiger partial charge < -0.3 is 29.8 Å². The van der Waals surface area contributed by atoms with Gasteiger partial charge >= 0.3 is 0 Å². The minimum absolute atomic E-state index is 0.0114. The van der Waals surface area contributed by atoms with Gasteiger partial charge in [0.15, 0.2) is 5.78 Å². The lowest BCUT2D eigenvalue weighted by atomic mass is 9.80. The molecule has 0 unspecified atom stereocenters. The number of fused-ring (bicyclic) bond motifs is 5. The number of benzene rings is 5. The van der Waals surface area contributed by atoms with E-state index in [9.17, 15) is 24.7 Å². The molecule has 0 atom stereocenters. The summed E-state index contributed by atoms with van der Waals surface area (Å²) in [6, 6.07) is 22.3. The molecule has 1 amide bonds. The Labute approximate surface area is 393 Å². The number of hydrogen-bond donors (Lipinski definition) is 3. The predicted octanol–water partition coefficient (Wildman–Crippen LogP) is 8.08. The summed E-state index contributed by atoms with van der Waals surface area (Å²) >= 11 is 6.10. The van der Waals surface area contributed by atoms with Crippen molar-refractivity contribution in [2.45, 2.75) is 84.2 Å². The van der Waals surface area contributed by atoms with Crippen LogP contribution in [0.1, 0.15) is 109 Å². The van der Waals surface area contributed by atoms with E-state index in [4.69, 9.17) is 21.2 Å². The Balaban J connectivity index is 0.903. The van der Waals surface area contributed by atoms with E-state index in [-0.39, 0.29) is 43.6 Å². The van der Waals surface area contributed by atoms with Crippen molar-refractivity contribution in [2.24, 2.45) is 0 Å². The fraction of sp³-hybridized carbons (Fsp3) is 0.327. The lowest BCUT2D eigenvalue weighted by Gasteiger charge is -2.41. The highest BCUT2D eigenvalue weighted by molar-refractivity contribution is 6.30. The highest BCUT2D eigenvalue weighted by atomic mass is 35.5. The zero-order chi connectivity index (χ0) is 45.9. The molecule has 5 aliphatic rings. The van der Waals surface area contributed by atoms with Crippen molar-refractivity contribution < 1.29 is 34.4 Å². The van der Waals surface area contributed by atoms with Crippen LogP contribution in [0.15, 0.2) is 72.8 Å². The molecule has 342 valence electrons. The van der Waals surface area contributed by atoms with Crippen LogP contribution in [0.3, 0.4) is 0 Å². The molecule has 0 radical (unpaired) electrons. The third-order valence-electron chi connectivity index (χ3n) is 14.6. The second-order valence-electron chi connectivity index (χ2n) is 18.6. The summed E-state index contributed by atoms with van der Waals surface area (Å²) in [7, 11) is 0. The van der Waals surface area contributed by atoms with Crippen molar-refractivity contribution in [1.29, 1.82) is 0 Å². The van der Waals surface area contributed by atoms with Gasteiger partial charge in [-0.15, -0.1) is 0 Å². The first-order valence-corrected chi connectivity index (χ1v) is 24.1. The summed E-state index contributed by atoms with van der Waals surface area (Å²) in [5.41, 5.74) is 14.5. The molecule has 0 fully saturated rings. The van der Waals surface area contributed by atoms with Crippen molar-refractivity contribution >= 4 is 63.3 Å². The number of ketones is 1. The molecule has 3 N–H and O–H groups in total. The number of aliphatic hydroxyl groups is 1. The van der Waals surface area contributed by atoms with Crippen molar-refractivity contribution in [3.63, 3.8) is 0 Å². The maximum atomic E-state index is 14.2. The smallest absolute Gasteiger partial charge is 0.262 e. The number of amides is 1. The van der Waals surface area contributed by atoms with Crippen LogP contribution in [0, 0.1) is 6.92 Å². The van der Waals surface area contributed by atoms with Gasteiger partial charge in [0.2, 0.25) is 5.91 Å². The van der Waals surface area contributed by atoms with Gasteiger partial charge in [0.1, 0.15) is 17.8 Å². The third-order valence-corrected chi connectivity index (χ3v) is 14.9. The van der Waals surface area contributed by atoms with E-state index in [1.54, 1.807) is 47.0 Å². The van der Waals surface area contributed by atoms with Crippen molar-refractivity contribution in [2.75, 3.05) is 42.5 Å². The molecule has 11 nitrogen and oxygen atoms in total. The summed E-state index contributed by atoms with van der Waals surface area (Å²) in [5, 5.41) is 25.5. The van der Waals surface area contributed by atoms with Crippen LogP contribution < -0.4 is 30.3 Å².